The maximum absolute atomic E-state index is 13.6. The van der Waals surface area contributed by atoms with Crippen molar-refractivity contribution in [1.82, 2.24) is 0 Å². The molecule has 0 aromatic heterocycles. The molecule has 0 radical (unpaired) electrons. The summed E-state index contributed by atoms with van der Waals surface area (Å²) < 4.78 is 13.6. The molecule has 0 aliphatic heterocycles. The molecule has 0 unspecified atom stereocenters. The van der Waals surface area contributed by atoms with Gasteiger partial charge in [0.15, 0.2) is 0 Å². The molecule has 0 spiro atoms. The first kappa shape index (κ1) is 15.5. The van der Waals surface area contributed by atoms with Gasteiger partial charge in [-0.05, 0) is 47.9 Å². The molecule has 0 saturated carbocycles. The number of rotatable bonds is 3. The first-order valence-corrected chi connectivity index (χ1v) is 6.80. The van der Waals surface area contributed by atoms with Gasteiger partial charge in [0.05, 0.1) is 15.6 Å². The highest BCUT2D eigenvalue weighted by molar-refractivity contribution is 6.42. The van der Waals surface area contributed by atoms with Crippen molar-refractivity contribution < 1.29 is 14.3 Å². The van der Waals surface area contributed by atoms with Gasteiger partial charge in [0.25, 0.3) is 0 Å². The van der Waals surface area contributed by atoms with Gasteiger partial charge in [0, 0.05) is 0 Å². The predicted molar refractivity (Wildman–Crippen MR) is 83.1 cm³/mol. The zero-order chi connectivity index (χ0) is 15.6. The van der Waals surface area contributed by atoms with Crippen molar-refractivity contribution in [3.8, 4) is 0 Å². The van der Waals surface area contributed by atoms with E-state index in [0.717, 1.165) is 0 Å². The second-order valence-electron chi connectivity index (χ2n) is 4.50. The Labute approximate surface area is 131 Å². The zero-order valence-electron chi connectivity index (χ0n) is 11.0. The summed E-state index contributed by atoms with van der Waals surface area (Å²) in [5.41, 5.74) is 1.30. The van der Waals surface area contributed by atoms with Crippen molar-refractivity contribution >= 4 is 40.8 Å². The van der Waals surface area contributed by atoms with E-state index < -0.39 is 11.8 Å². The van der Waals surface area contributed by atoms with E-state index in [4.69, 9.17) is 23.2 Å². The van der Waals surface area contributed by atoms with E-state index in [1.165, 1.54) is 18.2 Å². The van der Waals surface area contributed by atoms with Crippen LogP contribution in [0.3, 0.4) is 0 Å². The number of aryl methyl sites for hydroxylation is 1. The number of hydrogen-bond acceptors (Lipinski definition) is 1. The highest BCUT2D eigenvalue weighted by atomic mass is 35.5. The van der Waals surface area contributed by atoms with Crippen molar-refractivity contribution in [3.05, 3.63) is 69.0 Å². The van der Waals surface area contributed by atoms with Crippen LogP contribution in [0.15, 0.2) is 36.4 Å². The molecular formula is C16H11Cl2FO2. The molecule has 0 aliphatic rings. The highest BCUT2D eigenvalue weighted by Gasteiger charge is 2.12. The monoisotopic (exact) mass is 324 g/mol. The minimum atomic E-state index is -1.15. The fraction of sp³-hybridized carbons (Fsp3) is 0.0625. The van der Waals surface area contributed by atoms with E-state index in [9.17, 15) is 14.3 Å². The number of carboxylic acids is 1. The molecule has 1 N–H and O–H groups in total. The lowest BCUT2D eigenvalue weighted by Crippen LogP contribution is -2.00. The molecule has 0 atom stereocenters. The third-order valence-electron chi connectivity index (χ3n) is 2.97. The molecule has 5 heteroatoms. The number of halogens is 3. The van der Waals surface area contributed by atoms with E-state index in [1.54, 1.807) is 31.2 Å². The summed E-state index contributed by atoms with van der Waals surface area (Å²) in [6.07, 6.45) is 1.43. The van der Waals surface area contributed by atoms with Crippen molar-refractivity contribution in [1.29, 1.82) is 0 Å². The molecule has 0 bridgehead atoms. The molecule has 0 amide bonds. The van der Waals surface area contributed by atoms with E-state index in [1.807, 2.05) is 0 Å². The van der Waals surface area contributed by atoms with Crippen molar-refractivity contribution in [2.45, 2.75) is 6.92 Å². The summed E-state index contributed by atoms with van der Waals surface area (Å²) in [6, 6.07) is 9.07. The molecule has 2 rings (SSSR count). The fourth-order valence-corrected chi connectivity index (χ4v) is 2.10. The summed E-state index contributed by atoms with van der Waals surface area (Å²) in [4.78, 5) is 11.4. The van der Waals surface area contributed by atoms with Crippen molar-refractivity contribution in [2.24, 2.45) is 0 Å². The third-order valence-corrected chi connectivity index (χ3v) is 3.71. The molecule has 0 fully saturated rings. The van der Waals surface area contributed by atoms with Gasteiger partial charge in [-0.25, -0.2) is 9.18 Å². The first-order valence-electron chi connectivity index (χ1n) is 6.05. The van der Waals surface area contributed by atoms with Crippen LogP contribution < -0.4 is 0 Å². The van der Waals surface area contributed by atoms with Gasteiger partial charge >= 0.3 is 5.97 Å². The SMILES string of the molecule is Cc1ccc(/C(=C/c2ccc(Cl)c(Cl)c2)C(=O)O)cc1F. The van der Waals surface area contributed by atoms with Gasteiger partial charge in [0.1, 0.15) is 5.82 Å². The molecule has 2 aromatic rings. The second-order valence-corrected chi connectivity index (χ2v) is 5.32. The van der Waals surface area contributed by atoms with Gasteiger partial charge in [-0.3, -0.25) is 0 Å². The predicted octanol–water partition coefficient (Wildman–Crippen LogP) is 5.07. The number of carboxylic acid groups (broad SMARTS) is 1. The Morgan fingerprint density at radius 2 is 1.86 bits per heavy atom. The molecule has 2 aromatic carbocycles. The summed E-state index contributed by atoms with van der Waals surface area (Å²) in [5, 5.41) is 10.0. The van der Waals surface area contributed by atoms with Crippen molar-refractivity contribution in [3.63, 3.8) is 0 Å². The van der Waals surface area contributed by atoms with Crippen LogP contribution in [0, 0.1) is 12.7 Å². The van der Waals surface area contributed by atoms with Crippen LogP contribution in [-0.4, -0.2) is 11.1 Å². The minimum absolute atomic E-state index is 0.0210. The lowest BCUT2D eigenvalue weighted by atomic mass is 10.0. The molecule has 2 nitrogen and oxygen atoms in total. The minimum Gasteiger partial charge on any atom is -0.478 e. The van der Waals surface area contributed by atoms with E-state index in [2.05, 4.69) is 0 Å². The maximum Gasteiger partial charge on any atom is 0.336 e. The quantitative estimate of drug-likeness (QED) is 0.632. The largest absolute Gasteiger partial charge is 0.478 e. The maximum atomic E-state index is 13.6. The molecule has 0 saturated heterocycles. The third kappa shape index (κ3) is 3.63. The van der Waals surface area contributed by atoms with Crippen LogP contribution in [0.25, 0.3) is 11.6 Å². The Morgan fingerprint density at radius 1 is 1.14 bits per heavy atom. The summed E-state index contributed by atoms with van der Waals surface area (Å²) in [5.74, 6) is -1.60. The van der Waals surface area contributed by atoms with E-state index in [-0.39, 0.29) is 11.1 Å². The summed E-state index contributed by atoms with van der Waals surface area (Å²) in [7, 11) is 0. The molecule has 0 heterocycles. The highest BCUT2D eigenvalue weighted by Crippen LogP contribution is 2.26. The van der Waals surface area contributed by atoms with Gasteiger partial charge in [-0.15, -0.1) is 0 Å². The molecular weight excluding hydrogens is 314 g/mol. The van der Waals surface area contributed by atoms with Crippen LogP contribution in [0.4, 0.5) is 4.39 Å². The average Bonchev–Trinajstić information content (AvgIpc) is 2.43. The molecule has 21 heavy (non-hydrogen) atoms. The summed E-state index contributed by atoms with van der Waals surface area (Å²) in [6.45, 7) is 1.61. The van der Waals surface area contributed by atoms with Crippen LogP contribution in [0.1, 0.15) is 16.7 Å². The second kappa shape index (κ2) is 6.29. The zero-order valence-corrected chi connectivity index (χ0v) is 12.5. The topological polar surface area (TPSA) is 37.3 Å². The number of carbonyl (C=O) groups is 1. The Hall–Kier alpha value is -1.84. The average molecular weight is 325 g/mol. The van der Waals surface area contributed by atoms with E-state index in [0.29, 0.717) is 21.2 Å². The van der Waals surface area contributed by atoms with Gasteiger partial charge in [0.2, 0.25) is 0 Å². The van der Waals surface area contributed by atoms with Crippen LogP contribution >= 0.6 is 23.2 Å². The van der Waals surface area contributed by atoms with Crippen LogP contribution in [-0.2, 0) is 4.79 Å². The first-order chi connectivity index (χ1) is 9.88. The normalized spacial score (nSPS) is 11.5. The lowest BCUT2D eigenvalue weighted by Gasteiger charge is -2.06. The van der Waals surface area contributed by atoms with Crippen LogP contribution in [0.5, 0.6) is 0 Å². The number of aliphatic carboxylic acids is 1. The summed E-state index contributed by atoms with van der Waals surface area (Å²) >= 11 is 11.7. The Kier molecular flexibility index (Phi) is 4.66. The smallest absolute Gasteiger partial charge is 0.336 e. The van der Waals surface area contributed by atoms with Gasteiger partial charge in [-0.2, -0.15) is 0 Å². The fourth-order valence-electron chi connectivity index (χ4n) is 1.80. The number of hydrogen-bond donors (Lipinski definition) is 1. The van der Waals surface area contributed by atoms with Gasteiger partial charge < -0.3 is 5.11 Å². The lowest BCUT2D eigenvalue weighted by molar-refractivity contribution is -0.130. The van der Waals surface area contributed by atoms with E-state index >= 15 is 0 Å². The Bertz CT molecular complexity index is 739. The number of benzene rings is 2. The Balaban J connectivity index is 2.51. The molecule has 108 valence electrons. The van der Waals surface area contributed by atoms with Crippen molar-refractivity contribution in [2.75, 3.05) is 0 Å². The van der Waals surface area contributed by atoms with Gasteiger partial charge in [-0.1, -0.05) is 41.4 Å². The Morgan fingerprint density at radius 3 is 2.43 bits per heavy atom. The van der Waals surface area contributed by atoms with Crippen LogP contribution in [0.2, 0.25) is 10.0 Å². The molecule has 0 aliphatic carbocycles. The standard InChI is InChI=1S/C16H11Cl2FO2/c1-9-2-4-11(8-15(9)19)12(16(20)21)6-10-3-5-13(17)14(18)7-10/h2-8H,1H3,(H,20,21)/b12-6-.